The molecule has 35 heavy (non-hydrogen) atoms. The van der Waals surface area contributed by atoms with Gasteiger partial charge in [-0.2, -0.15) is 0 Å². The monoisotopic (exact) mass is 475 g/mol. The molecule has 0 heterocycles. The van der Waals surface area contributed by atoms with Crippen molar-refractivity contribution in [1.29, 1.82) is 0 Å². The molecular formula is C32H45NO2. The van der Waals surface area contributed by atoms with Crippen LogP contribution >= 0.6 is 0 Å². The molecule has 0 aliphatic heterocycles. The summed E-state index contributed by atoms with van der Waals surface area (Å²) in [5.74, 6) is 0.940. The number of ketones is 2. The Kier molecular flexibility index (Phi) is 5.14. The quantitative estimate of drug-likeness (QED) is 0.361. The minimum atomic E-state index is -0.594. The van der Waals surface area contributed by atoms with Crippen LogP contribution in [0, 0.1) is 56.8 Å². The Labute approximate surface area is 213 Å². The molecule has 3 saturated carbocycles. The van der Waals surface area contributed by atoms with Crippen molar-refractivity contribution in [1.82, 2.24) is 0 Å². The first-order valence-electron chi connectivity index (χ1n) is 14.0. The molecule has 5 aliphatic carbocycles. The average molecular weight is 476 g/mol. The molecule has 0 aromatic carbocycles. The minimum Gasteiger partial charge on any atom is -0.307 e. The zero-order chi connectivity index (χ0) is 25.8. The van der Waals surface area contributed by atoms with Gasteiger partial charge in [0.1, 0.15) is 0 Å². The van der Waals surface area contributed by atoms with Gasteiger partial charge in [0.25, 0.3) is 0 Å². The summed E-state index contributed by atoms with van der Waals surface area (Å²) in [5.41, 5.74) is 0.858. The van der Waals surface area contributed by atoms with Gasteiger partial charge in [0.2, 0.25) is 5.70 Å². The highest BCUT2D eigenvalue weighted by atomic mass is 16.1. The fraction of sp³-hybridized carbons (Fsp3) is 0.781. The van der Waals surface area contributed by atoms with Crippen molar-refractivity contribution in [2.75, 3.05) is 0 Å². The van der Waals surface area contributed by atoms with Crippen LogP contribution in [-0.4, -0.2) is 11.6 Å². The van der Waals surface area contributed by atoms with Gasteiger partial charge in [0.05, 0.1) is 6.57 Å². The first-order chi connectivity index (χ1) is 16.1. The van der Waals surface area contributed by atoms with E-state index in [0.717, 1.165) is 25.7 Å². The highest BCUT2D eigenvalue weighted by molar-refractivity contribution is 6.03. The number of rotatable bonds is 1. The summed E-state index contributed by atoms with van der Waals surface area (Å²) in [7, 11) is 0. The Morgan fingerprint density at radius 1 is 0.971 bits per heavy atom. The third kappa shape index (κ3) is 2.95. The summed E-state index contributed by atoms with van der Waals surface area (Å²) in [6.45, 7) is 26.0. The topological polar surface area (TPSA) is 38.5 Å². The summed E-state index contributed by atoms with van der Waals surface area (Å²) >= 11 is 0. The third-order valence-electron chi connectivity index (χ3n) is 12.7. The molecule has 0 saturated heterocycles. The number of hydrogen-bond donors (Lipinski definition) is 0. The number of nitrogens with zero attached hydrogens (tertiary/aromatic N) is 1. The second-order valence-corrected chi connectivity index (χ2v) is 14.9. The summed E-state index contributed by atoms with van der Waals surface area (Å²) < 4.78 is 0. The summed E-state index contributed by atoms with van der Waals surface area (Å²) in [5, 5.41) is 0. The van der Waals surface area contributed by atoms with Gasteiger partial charge in [-0.05, 0) is 84.5 Å². The van der Waals surface area contributed by atoms with Crippen molar-refractivity contribution in [3.8, 4) is 0 Å². The van der Waals surface area contributed by atoms with Crippen LogP contribution in [-0.2, 0) is 9.59 Å². The molecule has 0 N–H and O–H groups in total. The molecule has 0 aromatic heterocycles. The number of allylic oxidation sites excluding steroid dienone is 4. The van der Waals surface area contributed by atoms with Gasteiger partial charge in [0, 0.05) is 16.7 Å². The second kappa shape index (κ2) is 7.20. The van der Waals surface area contributed by atoms with E-state index in [0.29, 0.717) is 17.1 Å². The zero-order valence-electron chi connectivity index (χ0n) is 23.3. The lowest BCUT2D eigenvalue weighted by molar-refractivity contribution is -0.171. The van der Waals surface area contributed by atoms with E-state index >= 15 is 0 Å². The normalized spacial score (nSPS) is 47.8. The predicted molar refractivity (Wildman–Crippen MR) is 140 cm³/mol. The van der Waals surface area contributed by atoms with Gasteiger partial charge in [-0.3, -0.25) is 4.79 Å². The van der Waals surface area contributed by atoms with Crippen LogP contribution in [0.15, 0.2) is 23.4 Å². The Balaban J connectivity index is 1.70. The second-order valence-electron chi connectivity index (χ2n) is 14.9. The number of carbonyl (C=O) groups excluding carboxylic acids is 2. The summed E-state index contributed by atoms with van der Waals surface area (Å²) in [4.78, 5) is 31.2. The third-order valence-corrected chi connectivity index (χ3v) is 12.7. The molecule has 7 atom stereocenters. The van der Waals surface area contributed by atoms with Crippen LogP contribution < -0.4 is 0 Å². The van der Waals surface area contributed by atoms with Gasteiger partial charge in [-0.15, -0.1) is 0 Å². The molecular weight excluding hydrogens is 430 g/mol. The lowest BCUT2D eigenvalue weighted by Crippen LogP contribution is -2.64. The SMILES string of the molecule is [C-]#[N+]C1=C[C@]2(C)C3=CC(=O)[C@@H]4[C@@H]5CC(C)(C)CC[C@]5(CC)CC[C@@]4(C)[C@]3(C)CC[C@H]2C(C)(C)C1=O. The lowest BCUT2D eigenvalue weighted by Gasteiger charge is -2.69. The van der Waals surface area contributed by atoms with Gasteiger partial charge in [-0.1, -0.05) is 73.5 Å². The van der Waals surface area contributed by atoms with Crippen LogP contribution in [0.2, 0.25) is 0 Å². The first-order valence-corrected chi connectivity index (χ1v) is 14.0. The molecule has 5 aliphatic rings. The van der Waals surface area contributed by atoms with Crippen molar-refractivity contribution in [3.05, 3.63) is 34.8 Å². The van der Waals surface area contributed by atoms with Crippen molar-refractivity contribution in [3.63, 3.8) is 0 Å². The number of hydrogen-bond acceptors (Lipinski definition) is 2. The van der Waals surface area contributed by atoms with Crippen molar-refractivity contribution < 1.29 is 9.59 Å². The molecule has 0 aromatic rings. The maximum Gasteiger partial charge on any atom is 0.226 e. The van der Waals surface area contributed by atoms with E-state index in [9.17, 15) is 9.59 Å². The molecule has 0 spiro atoms. The van der Waals surface area contributed by atoms with Crippen molar-refractivity contribution in [2.24, 2.45) is 50.2 Å². The van der Waals surface area contributed by atoms with E-state index < -0.39 is 10.8 Å². The molecule has 3 nitrogen and oxygen atoms in total. The number of carbonyl (C=O) groups is 2. The summed E-state index contributed by atoms with van der Waals surface area (Å²) in [6.07, 6.45) is 13.1. The van der Waals surface area contributed by atoms with E-state index in [2.05, 4.69) is 46.4 Å². The zero-order valence-corrected chi connectivity index (χ0v) is 23.3. The standard InChI is InChI=1S/C32H45NO2/c1-10-32-15-13-27(2,3)18-20(32)25-22(34)17-24-29(6)19-21(33-9)26(35)28(4,5)23(29)11-12-30(24,7)31(25,8)14-16-32/h17,19-20,23,25H,10-16,18H2,1-8H3/t20-,23-,25-,29-,30+,31+,32+/m0/s1. The van der Waals surface area contributed by atoms with E-state index in [1.807, 2.05) is 26.0 Å². The van der Waals surface area contributed by atoms with E-state index in [4.69, 9.17) is 6.57 Å². The molecule has 3 heteroatoms. The van der Waals surface area contributed by atoms with Crippen LogP contribution in [0.1, 0.15) is 107 Å². The van der Waals surface area contributed by atoms with E-state index in [-0.39, 0.29) is 39.6 Å². The highest BCUT2D eigenvalue weighted by Gasteiger charge is 2.69. The molecule has 5 rings (SSSR count). The van der Waals surface area contributed by atoms with Gasteiger partial charge >= 0.3 is 0 Å². The summed E-state index contributed by atoms with van der Waals surface area (Å²) in [6, 6.07) is 0. The minimum absolute atomic E-state index is 0.0276. The number of fused-ring (bicyclic) bond motifs is 7. The molecule has 0 bridgehead atoms. The van der Waals surface area contributed by atoms with Crippen LogP contribution in [0.4, 0.5) is 0 Å². The Morgan fingerprint density at radius 2 is 1.63 bits per heavy atom. The van der Waals surface area contributed by atoms with Crippen LogP contribution in [0.25, 0.3) is 4.85 Å². The molecule has 190 valence electrons. The highest BCUT2D eigenvalue weighted by Crippen LogP contribution is 2.74. The van der Waals surface area contributed by atoms with Gasteiger partial charge in [0.15, 0.2) is 11.6 Å². The smallest absolute Gasteiger partial charge is 0.226 e. The first kappa shape index (κ1) is 25.0. The molecule has 0 unspecified atom stereocenters. The average Bonchev–Trinajstić information content (AvgIpc) is 2.77. The molecule has 0 amide bonds. The maximum atomic E-state index is 14.3. The predicted octanol–water partition coefficient (Wildman–Crippen LogP) is 7.97. The van der Waals surface area contributed by atoms with Gasteiger partial charge in [-0.25, -0.2) is 4.85 Å². The maximum absolute atomic E-state index is 14.3. The Morgan fingerprint density at radius 3 is 2.26 bits per heavy atom. The number of Topliss-reactive ketones (excluding diaryl/α,β-unsaturated/α-hetero) is 1. The molecule has 3 fully saturated rings. The molecule has 0 radical (unpaired) electrons. The van der Waals surface area contributed by atoms with Crippen LogP contribution in [0.5, 0.6) is 0 Å². The van der Waals surface area contributed by atoms with Gasteiger partial charge < -0.3 is 4.79 Å². The fourth-order valence-corrected chi connectivity index (χ4v) is 10.3. The van der Waals surface area contributed by atoms with E-state index in [1.54, 1.807) is 0 Å². The largest absolute Gasteiger partial charge is 0.307 e. The van der Waals surface area contributed by atoms with Crippen molar-refractivity contribution in [2.45, 2.75) is 107 Å². The Bertz CT molecular complexity index is 1100. The fourth-order valence-electron chi connectivity index (χ4n) is 10.3. The Hall–Kier alpha value is -1.69. The lowest BCUT2D eigenvalue weighted by atomic mass is 9.34. The van der Waals surface area contributed by atoms with Crippen molar-refractivity contribution >= 4 is 11.6 Å². The van der Waals surface area contributed by atoms with E-state index in [1.165, 1.54) is 31.3 Å². The van der Waals surface area contributed by atoms with Crippen LogP contribution in [0.3, 0.4) is 0 Å².